The molecule has 2 nitrogen and oxygen atoms in total. The number of carbonyl (C=O) groups is 1. The van der Waals surface area contributed by atoms with E-state index >= 15 is 0 Å². The van der Waals surface area contributed by atoms with Crippen LogP contribution in [0.1, 0.15) is 59.6 Å². The third kappa shape index (κ3) is 3.66. The molecule has 0 bridgehead atoms. The van der Waals surface area contributed by atoms with Gasteiger partial charge in [0.25, 0.3) is 0 Å². The lowest BCUT2D eigenvalue weighted by Crippen LogP contribution is -2.34. The summed E-state index contributed by atoms with van der Waals surface area (Å²) < 4.78 is 1.01. The number of Topliss-reactive ketones (excluding diaryl/α,β-unsaturated/α-hetero) is 1. The molecule has 26 heavy (non-hydrogen) atoms. The summed E-state index contributed by atoms with van der Waals surface area (Å²) in [5, 5.41) is 4.48. The lowest BCUT2D eigenvalue weighted by molar-refractivity contribution is 0.103. The van der Waals surface area contributed by atoms with Crippen molar-refractivity contribution in [3.63, 3.8) is 0 Å². The van der Waals surface area contributed by atoms with Gasteiger partial charge < -0.3 is 5.32 Å². The van der Waals surface area contributed by atoms with E-state index in [1.807, 2.05) is 42.5 Å². The number of hydrogen-bond donors (Lipinski definition) is 1. The van der Waals surface area contributed by atoms with Crippen molar-refractivity contribution in [1.82, 2.24) is 5.32 Å². The zero-order chi connectivity index (χ0) is 18.1. The van der Waals surface area contributed by atoms with E-state index in [2.05, 4.69) is 27.3 Å². The van der Waals surface area contributed by atoms with Crippen LogP contribution in [0.4, 0.5) is 0 Å². The summed E-state index contributed by atoms with van der Waals surface area (Å²) in [7, 11) is 0. The molecule has 0 saturated heterocycles. The maximum Gasteiger partial charge on any atom is 0.191 e. The first kappa shape index (κ1) is 18.0. The minimum atomic E-state index is -0.0474. The first-order valence-electron chi connectivity index (χ1n) is 9.19. The highest BCUT2D eigenvalue weighted by molar-refractivity contribution is 9.10. The molecule has 134 valence electrons. The fourth-order valence-corrected chi connectivity index (χ4v) is 4.51. The summed E-state index contributed by atoms with van der Waals surface area (Å²) in [5.41, 5.74) is 3.71. The Hall–Kier alpha value is -1.42. The average Bonchev–Trinajstić information content (AvgIpc) is 2.89. The normalized spacial score (nSPS) is 22.0. The maximum absolute atomic E-state index is 13.1. The van der Waals surface area contributed by atoms with E-state index in [4.69, 9.17) is 11.6 Å². The highest BCUT2D eigenvalue weighted by atomic mass is 79.9. The first-order chi connectivity index (χ1) is 12.6. The molecule has 1 fully saturated rings. The Kier molecular flexibility index (Phi) is 5.30. The number of benzene rings is 2. The Balaban J connectivity index is 1.72. The quantitative estimate of drug-likeness (QED) is 0.575. The Morgan fingerprint density at radius 1 is 1.04 bits per heavy atom. The van der Waals surface area contributed by atoms with Crippen LogP contribution < -0.4 is 5.32 Å². The molecule has 2 aromatic carbocycles. The minimum Gasteiger partial charge on any atom is -0.303 e. The molecule has 0 spiro atoms. The number of halogens is 2. The molecule has 0 aromatic heterocycles. The molecule has 0 radical (unpaired) electrons. The largest absolute Gasteiger partial charge is 0.303 e. The van der Waals surface area contributed by atoms with E-state index in [1.54, 1.807) is 0 Å². The number of carbonyl (C=O) groups excluding carboxylic acids is 1. The van der Waals surface area contributed by atoms with Crippen LogP contribution in [-0.2, 0) is 0 Å². The fourth-order valence-electron chi connectivity index (χ4n) is 4.01. The summed E-state index contributed by atoms with van der Waals surface area (Å²) >= 11 is 9.56. The molecule has 0 amide bonds. The van der Waals surface area contributed by atoms with Crippen molar-refractivity contribution >= 4 is 39.4 Å². The minimum absolute atomic E-state index is 0.0474. The van der Waals surface area contributed by atoms with Gasteiger partial charge in [-0.2, -0.15) is 0 Å². The molecule has 0 aliphatic heterocycles. The van der Waals surface area contributed by atoms with E-state index in [-0.39, 0.29) is 11.8 Å². The smallest absolute Gasteiger partial charge is 0.191 e. The third-order valence-electron chi connectivity index (χ3n) is 5.34. The zero-order valence-electron chi connectivity index (χ0n) is 14.5. The van der Waals surface area contributed by atoms with Crippen LogP contribution in [0.25, 0.3) is 6.08 Å². The molecule has 2 aliphatic carbocycles. The average molecular weight is 431 g/mol. The molecule has 0 heterocycles. The Bertz CT molecular complexity index is 853. The monoisotopic (exact) mass is 429 g/mol. The van der Waals surface area contributed by atoms with E-state index in [1.165, 1.54) is 32.1 Å². The zero-order valence-corrected chi connectivity index (χ0v) is 16.8. The van der Waals surface area contributed by atoms with Gasteiger partial charge in [0.05, 0.1) is 6.04 Å². The SMILES string of the molecule is O=C1/C(=C/c2ccc(Cl)cc2)C(NC2CCCCC2)c2cc(Br)ccc21. The van der Waals surface area contributed by atoms with Crippen molar-refractivity contribution in [3.05, 3.63) is 74.2 Å². The standard InChI is InChI=1S/C22H21BrClNO/c23-15-8-11-18-19(13-15)21(25-17-4-2-1-3-5-17)20(22(18)26)12-14-6-9-16(24)10-7-14/h6-13,17,21,25H,1-5H2/b20-12+. The van der Waals surface area contributed by atoms with E-state index in [0.717, 1.165) is 26.7 Å². The van der Waals surface area contributed by atoms with Gasteiger partial charge in [-0.15, -0.1) is 0 Å². The van der Waals surface area contributed by atoms with Gasteiger partial charge in [-0.05, 0) is 60.4 Å². The Morgan fingerprint density at radius 3 is 2.50 bits per heavy atom. The van der Waals surface area contributed by atoms with Gasteiger partial charge in [0.1, 0.15) is 0 Å². The summed E-state index contributed by atoms with van der Waals surface area (Å²) in [6.07, 6.45) is 8.22. The molecule has 4 rings (SSSR count). The van der Waals surface area contributed by atoms with Crippen LogP contribution in [0.3, 0.4) is 0 Å². The second-order valence-corrected chi connectivity index (χ2v) is 8.50. The number of rotatable bonds is 3. The van der Waals surface area contributed by atoms with E-state index < -0.39 is 0 Å². The van der Waals surface area contributed by atoms with Gasteiger partial charge in [0, 0.05) is 26.7 Å². The van der Waals surface area contributed by atoms with Gasteiger partial charge >= 0.3 is 0 Å². The van der Waals surface area contributed by atoms with Gasteiger partial charge in [-0.3, -0.25) is 4.79 Å². The summed E-state index contributed by atoms with van der Waals surface area (Å²) in [5.74, 6) is 0.121. The van der Waals surface area contributed by atoms with Crippen molar-refractivity contribution in [2.24, 2.45) is 0 Å². The van der Waals surface area contributed by atoms with Crippen molar-refractivity contribution in [2.75, 3.05) is 0 Å². The highest BCUT2D eigenvalue weighted by Crippen LogP contribution is 2.39. The number of ketones is 1. The van der Waals surface area contributed by atoms with Gasteiger partial charge in [0.15, 0.2) is 5.78 Å². The molecule has 1 saturated carbocycles. The second kappa shape index (κ2) is 7.67. The number of hydrogen-bond acceptors (Lipinski definition) is 2. The number of nitrogens with one attached hydrogen (secondary N) is 1. The molecular weight excluding hydrogens is 410 g/mol. The van der Waals surface area contributed by atoms with Crippen molar-refractivity contribution in [2.45, 2.75) is 44.2 Å². The van der Waals surface area contributed by atoms with Crippen LogP contribution in [-0.4, -0.2) is 11.8 Å². The van der Waals surface area contributed by atoms with Crippen LogP contribution in [0.2, 0.25) is 5.02 Å². The van der Waals surface area contributed by atoms with Crippen molar-refractivity contribution in [1.29, 1.82) is 0 Å². The molecule has 1 unspecified atom stereocenters. The van der Waals surface area contributed by atoms with Gasteiger partial charge in [-0.1, -0.05) is 58.9 Å². The lowest BCUT2D eigenvalue weighted by Gasteiger charge is -2.27. The molecule has 1 N–H and O–H groups in total. The van der Waals surface area contributed by atoms with Crippen LogP contribution in [0.5, 0.6) is 0 Å². The van der Waals surface area contributed by atoms with E-state index in [0.29, 0.717) is 11.1 Å². The Labute approximate surface area is 167 Å². The maximum atomic E-state index is 13.1. The highest BCUT2D eigenvalue weighted by Gasteiger charge is 2.36. The van der Waals surface area contributed by atoms with Gasteiger partial charge in [-0.25, -0.2) is 0 Å². The van der Waals surface area contributed by atoms with Crippen molar-refractivity contribution < 1.29 is 4.79 Å². The summed E-state index contributed by atoms with van der Waals surface area (Å²) in [4.78, 5) is 13.1. The summed E-state index contributed by atoms with van der Waals surface area (Å²) in [6, 6.07) is 14.0. The van der Waals surface area contributed by atoms with Crippen LogP contribution in [0.15, 0.2) is 52.5 Å². The fraction of sp³-hybridized carbons (Fsp3) is 0.318. The third-order valence-corrected chi connectivity index (χ3v) is 6.09. The predicted molar refractivity (Wildman–Crippen MR) is 111 cm³/mol. The molecule has 1 atom stereocenters. The topological polar surface area (TPSA) is 29.1 Å². The Morgan fingerprint density at radius 2 is 1.77 bits per heavy atom. The number of fused-ring (bicyclic) bond motifs is 1. The van der Waals surface area contributed by atoms with E-state index in [9.17, 15) is 4.79 Å². The van der Waals surface area contributed by atoms with Gasteiger partial charge in [0.2, 0.25) is 0 Å². The lowest BCUT2D eigenvalue weighted by atomic mass is 9.93. The molecule has 4 heteroatoms. The van der Waals surface area contributed by atoms with Crippen LogP contribution in [0, 0.1) is 0 Å². The first-order valence-corrected chi connectivity index (χ1v) is 10.4. The molecule has 2 aliphatic rings. The second-order valence-electron chi connectivity index (χ2n) is 7.15. The van der Waals surface area contributed by atoms with Crippen LogP contribution >= 0.6 is 27.5 Å². The molecule has 2 aromatic rings. The molecular formula is C22H21BrClNO. The summed E-state index contributed by atoms with van der Waals surface area (Å²) in [6.45, 7) is 0. The predicted octanol–water partition coefficient (Wildman–Crippen LogP) is 6.35. The van der Waals surface area contributed by atoms with Crippen molar-refractivity contribution in [3.8, 4) is 0 Å².